The Kier molecular flexibility index (Phi) is 3.97. The molecule has 134 valence electrons. The Labute approximate surface area is 148 Å². The van der Waals surface area contributed by atoms with E-state index in [0.717, 1.165) is 32.1 Å². The van der Waals surface area contributed by atoms with E-state index in [0.29, 0.717) is 26.1 Å². The van der Waals surface area contributed by atoms with Crippen LogP contribution >= 0.6 is 0 Å². The van der Waals surface area contributed by atoms with E-state index in [1.807, 2.05) is 6.07 Å². The van der Waals surface area contributed by atoms with Crippen LogP contribution in [0.5, 0.6) is 0 Å². The summed E-state index contributed by atoms with van der Waals surface area (Å²) in [6.07, 6.45) is 5.87. The second kappa shape index (κ2) is 6.04. The second-order valence-electron chi connectivity index (χ2n) is 8.25. The lowest BCUT2D eigenvalue weighted by Gasteiger charge is -2.24. The molecule has 25 heavy (non-hydrogen) atoms. The molecular weight excluding hydrogens is 316 g/mol. The highest BCUT2D eigenvalue weighted by Gasteiger charge is 2.56. The second-order valence-corrected chi connectivity index (χ2v) is 8.25. The summed E-state index contributed by atoms with van der Waals surface area (Å²) < 4.78 is 0. The Morgan fingerprint density at radius 2 is 1.96 bits per heavy atom. The quantitative estimate of drug-likeness (QED) is 0.864. The summed E-state index contributed by atoms with van der Waals surface area (Å²) in [6, 6.07) is 10.3. The fourth-order valence-corrected chi connectivity index (χ4v) is 4.79. The molecule has 2 N–H and O–H groups in total. The van der Waals surface area contributed by atoms with Crippen LogP contribution in [0.2, 0.25) is 0 Å². The largest absolute Gasteiger partial charge is 0.481 e. The van der Waals surface area contributed by atoms with Crippen molar-refractivity contribution < 1.29 is 14.7 Å². The number of carboxylic acids is 1. The minimum absolute atomic E-state index is 0.0886. The number of likely N-dealkylation sites (tertiary alicyclic amines) is 1. The molecule has 0 unspecified atom stereocenters. The molecule has 0 spiro atoms. The van der Waals surface area contributed by atoms with Crippen LogP contribution in [0.15, 0.2) is 30.3 Å². The molecule has 5 heteroatoms. The number of amides is 2. The smallest absolute Gasteiger partial charge is 0.317 e. The van der Waals surface area contributed by atoms with E-state index in [9.17, 15) is 14.7 Å². The topological polar surface area (TPSA) is 69.6 Å². The van der Waals surface area contributed by atoms with Crippen molar-refractivity contribution in [2.24, 2.45) is 16.7 Å². The summed E-state index contributed by atoms with van der Waals surface area (Å²) in [6.45, 7) is 1.64. The summed E-state index contributed by atoms with van der Waals surface area (Å²) in [5.41, 5.74) is 0.810. The van der Waals surface area contributed by atoms with Crippen molar-refractivity contribution in [3.8, 4) is 0 Å². The number of hydrogen-bond acceptors (Lipinski definition) is 2. The van der Waals surface area contributed by atoms with Crippen LogP contribution in [0.1, 0.15) is 37.7 Å². The third-order valence-corrected chi connectivity index (χ3v) is 6.58. The van der Waals surface area contributed by atoms with Gasteiger partial charge < -0.3 is 15.3 Å². The maximum Gasteiger partial charge on any atom is 0.317 e. The number of nitrogens with one attached hydrogen (secondary N) is 1. The van der Waals surface area contributed by atoms with Gasteiger partial charge in [0.25, 0.3) is 0 Å². The molecule has 5 nitrogen and oxygen atoms in total. The van der Waals surface area contributed by atoms with Gasteiger partial charge in [-0.1, -0.05) is 36.8 Å². The van der Waals surface area contributed by atoms with Crippen LogP contribution in [0.3, 0.4) is 0 Å². The van der Waals surface area contributed by atoms with Crippen molar-refractivity contribution in [2.45, 2.75) is 38.5 Å². The number of hydrogen-bond donors (Lipinski definition) is 2. The molecule has 2 aliphatic carbocycles. The number of fused-ring (bicyclic) bond motifs is 1. The number of nitrogens with zero attached hydrogens (tertiary/aromatic N) is 1. The maximum atomic E-state index is 12.6. The molecule has 1 aromatic rings. The zero-order chi connectivity index (χ0) is 17.5. The molecule has 1 saturated heterocycles. The predicted octanol–water partition coefficient (Wildman–Crippen LogP) is 2.91. The number of carbonyl (C=O) groups is 2. The fraction of sp³-hybridized carbons (Fsp3) is 0.600. The van der Waals surface area contributed by atoms with Gasteiger partial charge in [0.15, 0.2) is 0 Å². The van der Waals surface area contributed by atoms with Gasteiger partial charge in [-0.15, -0.1) is 0 Å². The first-order valence-corrected chi connectivity index (χ1v) is 9.33. The molecule has 2 atom stereocenters. The summed E-state index contributed by atoms with van der Waals surface area (Å²) >= 11 is 0. The molecule has 0 bridgehead atoms. The zero-order valence-electron chi connectivity index (χ0n) is 14.5. The van der Waals surface area contributed by atoms with Gasteiger partial charge in [-0.3, -0.25) is 4.79 Å². The minimum atomic E-state index is -0.729. The first-order chi connectivity index (χ1) is 12.0. The van der Waals surface area contributed by atoms with E-state index < -0.39 is 11.4 Å². The van der Waals surface area contributed by atoms with E-state index in [2.05, 4.69) is 29.6 Å². The molecule has 1 aliphatic heterocycles. The zero-order valence-corrected chi connectivity index (χ0v) is 14.5. The number of rotatable bonds is 5. The van der Waals surface area contributed by atoms with E-state index in [1.165, 1.54) is 5.56 Å². The van der Waals surface area contributed by atoms with Crippen molar-refractivity contribution in [1.82, 2.24) is 10.2 Å². The summed E-state index contributed by atoms with van der Waals surface area (Å²) in [4.78, 5) is 26.1. The lowest BCUT2D eigenvalue weighted by Crippen LogP contribution is -2.43. The standard InChI is InChI=1S/C20H26N2O3/c23-17(24)20-8-4-7-16(20)12-22(14-20)18(25)21-13-19(9-10-19)11-15-5-2-1-3-6-15/h1-3,5-6,16H,4,7-14H2,(H,21,25)(H,23,24)/t16-,20+/m0/s1. The fourth-order valence-electron chi connectivity index (χ4n) is 4.79. The highest BCUT2D eigenvalue weighted by atomic mass is 16.4. The van der Waals surface area contributed by atoms with Crippen LogP contribution in [0.25, 0.3) is 0 Å². The molecule has 1 aromatic carbocycles. The van der Waals surface area contributed by atoms with Gasteiger partial charge in [-0.05, 0) is 49.0 Å². The Balaban J connectivity index is 1.33. The number of benzene rings is 1. The van der Waals surface area contributed by atoms with Crippen molar-refractivity contribution in [1.29, 1.82) is 0 Å². The molecule has 2 amide bonds. The minimum Gasteiger partial charge on any atom is -0.481 e. The molecular formula is C20H26N2O3. The predicted molar refractivity (Wildman–Crippen MR) is 94.2 cm³/mol. The maximum absolute atomic E-state index is 12.6. The number of urea groups is 1. The number of carbonyl (C=O) groups excluding carboxylic acids is 1. The van der Waals surface area contributed by atoms with Crippen LogP contribution in [0, 0.1) is 16.7 Å². The van der Waals surface area contributed by atoms with Crippen molar-refractivity contribution in [3.63, 3.8) is 0 Å². The van der Waals surface area contributed by atoms with Crippen LogP contribution in [-0.2, 0) is 11.2 Å². The number of carboxylic acid groups (broad SMARTS) is 1. The molecule has 3 aliphatic rings. The molecule has 0 aromatic heterocycles. The first kappa shape index (κ1) is 16.4. The van der Waals surface area contributed by atoms with Gasteiger partial charge in [-0.2, -0.15) is 0 Å². The average Bonchev–Trinajstić information content (AvgIpc) is 3.06. The summed E-state index contributed by atoms with van der Waals surface area (Å²) in [5.74, 6) is -0.608. The molecule has 3 fully saturated rings. The van der Waals surface area contributed by atoms with Crippen molar-refractivity contribution in [3.05, 3.63) is 35.9 Å². The Hall–Kier alpha value is -2.04. The van der Waals surface area contributed by atoms with Gasteiger partial charge in [0.05, 0.1) is 5.41 Å². The molecule has 1 heterocycles. The van der Waals surface area contributed by atoms with Crippen molar-refractivity contribution in [2.75, 3.05) is 19.6 Å². The molecule has 2 saturated carbocycles. The summed E-state index contributed by atoms with van der Waals surface area (Å²) in [5, 5.41) is 12.7. The van der Waals surface area contributed by atoms with E-state index in [-0.39, 0.29) is 17.4 Å². The lowest BCUT2D eigenvalue weighted by atomic mass is 9.81. The van der Waals surface area contributed by atoms with E-state index >= 15 is 0 Å². The third kappa shape index (κ3) is 3.00. The highest BCUT2D eigenvalue weighted by Crippen LogP contribution is 2.49. The third-order valence-electron chi connectivity index (χ3n) is 6.58. The monoisotopic (exact) mass is 342 g/mol. The molecule has 4 rings (SSSR count). The van der Waals surface area contributed by atoms with Gasteiger partial charge >= 0.3 is 12.0 Å². The Bertz CT molecular complexity index is 671. The SMILES string of the molecule is O=C(NCC1(Cc2ccccc2)CC1)N1C[C@@H]2CCC[C@@]2(C(=O)O)C1. The Morgan fingerprint density at radius 3 is 2.60 bits per heavy atom. The van der Waals surface area contributed by atoms with Gasteiger partial charge in [-0.25, -0.2) is 4.79 Å². The Morgan fingerprint density at radius 1 is 1.20 bits per heavy atom. The first-order valence-electron chi connectivity index (χ1n) is 9.33. The van der Waals surface area contributed by atoms with E-state index in [1.54, 1.807) is 4.90 Å². The van der Waals surface area contributed by atoms with Gasteiger partial charge in [0.1, 0.15) is 0 Å². The number of aliphatic carboxylic acids is 1. The van der Waals surface area contributed by atoms with Crippen molar-refractivity contribution >= 4 is 12.0 Å². The van der Waals surface area contributed by atoms with E-state index in [4.69, 9.17) is 0 Å². The van der Waals surface area contributed by atoms with Crippen LogP contribution in [-0.4, -0.2) is 41.6 Å². The summed E-state index contributed by atoms with van der Waals surface area (Å²) in [7, 11) is 0. The van der Waals surface area contributed by atoms with Gasteiger partial charge in [0.2, 0.25) is 0 Å². The normalized spacial score (nSPS) is 29.3. The molecule has 0 radical (unpaired) electrons. The highest BCUT2D eigenvalue weighted by molar-refractivity contribution is 5.80. The van der Waals surface area contributed by atoms with Crippen LogP contribution < -0.4 is 5.32 Å². The van der Waals surface area contributed by atoms with Gasteiger partial charge in [0, 0.05) is 19.6 Å². The average molecular weight is 342 g/mol. The lowest BCUT2D eigenvalue weighted by molar-refractivity contribution is -0.149. The van der Waals surface area contributed by atoms with Crippen LogP contribution in [0.4, 0.5) is 4.79 Å².